The minimum Gasteiger partial charge on any atom is -0.438 e. The van der Waals surface area contributed by atoms with Crippen LogP contribution in [0.5, 0.6) is 11.6 Å². The van der Waals surface area contributed by atoms with Gasteiger partial charge in [0.25, 0.3) is 0 Å². The van der Waals surface area contributed by atoms with Crippen molar-refractivity contribution in [3.63, 3.8) is 0 Å². The lowest BCUT2D eigenvalue weighted by molar-refractivity contribution is 0.455. The Balaban J connectivity index is 2.36. The van der Waals surface area contributed by atoms with E-state index >= 15 is 0 Å². The van der Waals surface area contributed by atoms with Crippen LogP contribution in [0.1, 0.15) is 11.3 Å². The number of benzene rings is 1. The number of rotatable bonds is 2. The van der Waals surface area contributed by atoms with E-state index in [1.807, 2.05) is 6.07 Å². The van der Waals surface area contributed by atoms with Crippen molar-refractivity contribution in [1.29, 1.82) is 5.26 Å². The van der Waals surface area contributed by atoms with Crippen molar-refractivity contribution in [2.75, 3.05) is 0 Å². The molecule has 0 bridgehead atoms. The Bertz CT molecular complexity index is 637. The molecule has 18 heavy (non-hydrogen) atoms. The predicted molar refractivity (Wildman–Crippen MR) is 67.9 cm³/mol. The number of hydrogen-bond acceptors (Lipinski definition) is 3. The van der Waals surface area contributed by atoms with Crippen molar-refractivity contribution in [2.24, 2.45) is 0 Å². The summed E-state index contributed by atoms with van der Waals surface area (Å²) >= 11 is 3.06. The van der Waals surface area contributed by atoms with Gasteiger partial charge in [0.1, 0.15) is 23.2 Å². The van der Waals surface area contributed by atoms with Gasteiger partial charge in [-0.15, -0.1) is 0 Å². The fourth-order valence-electron chi connectivity index (χ4n) is 1.35. The smallest absolute Gasteiger partial charge is 0.237 e. The van der Waals surface area contributed by atoms with Crippen molar-refractivity contribution in [2.45, 2.75) is 6.92 Å². The number of hydrogen-bond donors (Lipinski definition) is 0. The maximum atomic E-state index is 13.3. The van der Waals surface area contributed by atoms with Crippen LogP contribution in [0.4, 0.5) is 4.39 Å². The van der Waals surface area contributed by atoms with Crippen LogP contribution in [-0.2, 0) is 0 Å². The minimum absolute atomic E-state index is 0.180. The highest BCUT2D eigenvalue weighted by Gasteiger charge is 2.08. The SMILES string of the molecule is Cc1ccc(C#N)c(Oc2ccc(Br)c(F)c2)n1. The molecule has 5 heteroatoms. The second-order valence-electron chi connectivity index (χ2n) is 3.60. The zero-order valence-electron chi connectivity index (χ0n) is 9.45. The molecule has 0 amide bonds. The highest BCUT2D eigenvalue weighted by atomic mass is 79.9. The van der Waals surface area contributed by atoms with Gasteiger partial charge < -0.3 is 4.74 Å². The monoisotopic (exact) mass is 306 g/mol. The third-order valence-electron chi connectivity index (χ3n) is 2.23. The molecule has 0 aliphatic carbocycles. The highest BCUT2D eigenvalue weighted by Crippen LogP contribution is 2.26. The van der Waals surface area contributed by atoms with Crippen LogP contribution in [0.15, 0.2) is 34.8 Å². The summed E-state index contributed by atoms with van der Waals surface area (Å²) in [6, 6.07) is 9.67. The van der Waals surface area contributed by atoms with Crippen molar-refractivity contribution < 1.29 is 9.13 Å². The lowest BCUT2D eigenvalue weighted by Crippen LogP contribution is -1.94. The summed E-state index contributed by atoms with van der Waals surface area (Å²) in [4.78, 5) is 4.11. The Morgan fingerprint density at radius 3 is 2.78 bits per heavy atom. The minimum atomic E-state index is -0.432. The normalized spacial score (nSPS) is 9.89. The maximum absolute atomic E-state index is 13.3. The van der Waals surface area contributed by atoms with Gasteiger partial charge in [0.15, 0.2) is 0 Å². The molecule has 0 N–H and O–H groups in total. The largest absolute Gasteiger partial charge is 0.438 e. The molecule has 2 rings (SSSR count). The molecular formula is C13H8BrFN2O. The second kappa shape index (κ2) is 5.15. The molecule has 0 spiro atoms. The summed E-state index contributed by atoms with van der Waals surface area (Å²) in [6.07, 6.45) is 0. The number of halogens is 2. The number of aryl methyl sites for hydroxylation is 1. The van der Waals surface area contributed by atoms with Gasteiger partial charge in [0.05, 0.1) is 4.47 Å². The number of nitrogens with zero attached hydrogens (tertiary/aromatic N) is 2. The van der Waals surface area contributed by atoms with E-state index in [4.69, 9.17) is 10.00 Å². The zero-order valence-corrected chi connectivity index (χ0v) is 11.0. The molecule has 0 saturated heterocycles. The number of aromatic nitrogens is 1. The number of ether oxygens (including phenoxy) is 1. The molecule has 0 radical (unpaired) electrons. The molecule has 1 aromatic heterocycles. The highest BCUT2D eigenvalue weighted by molar-refractivity contribution is 9.10. The van der Waals surface area contributed by atoms with Gasteiger partial charge in [-0.2, -0.15) is 5.26 Å². The Morgan fingerprint density at radius 2 is 2.11 bits per heavy atom. The molecule has 0 aliphatic heterocycles. The summed E-state index contributed by atoms with van der Waals surface area (Å²) in [7, 11) is 0. The summed E-state index contributed by atoms with van der Waals surface area (Å²) < 4.78 is 19.1. The van der Waals surface area contributed by atoms with Crippen molar-refractivity contribution >= 4 is 15.9 Å². The van der Waals surface area contributed by atoms with Gasteiger partial charge in [-0.25, -0.2) is 9.37 Å². The molecule has 0 unspecified atom stereocenters. The predicted octanol–water partition coefficient (Wildman–Crippen LogP) is 3.96. The molecule has 0 saturated carbocycles. The standard InChI is InChI=1S/C13H8BrFN2O/c1-8-2-3-9(7-16)13(17-8)18-10-4-5-11(14)12(15)6-10/h2-6H,1H3. The van der Waals surface area contributed by atoms with E-state index < -0.39 is 5.82 Å². The van der Waals surface area contributed by atoms with Gasteiger partial charge in [-0.1, -0.05) is 0 Å². The molecule has 2 aromatic rings. The van der Waals surface area contributed by atoms with Crippen LogP contribution in [-0.4, -0.2) is 4.98 Å². The first-order valence-corrected chi connectivity index (χ1v) is 5.90. The van der Waals surface area contributed by atoms with Crippen LogP contribution in [0.25, 0.3) is 0 Å². The molecule has 0 fully saturated rings. The van der Waals surface area contributed by atoms with Crippen molar-refractivity contribution in [3.05, 3.63) is 51.9 Å². The summed E-state index contributed by atoms with van der Waals surface area (Å²) in [6.45, 7) is 1.79. The topological polar surface area (TPSA) is 45.9 Å². The average molecular weight is 307 g/mol. The summed E-state index contributed by atoms with van der Waals surface area (Å²) in [5.41, 5.74) is 1.03. The average Bonchev–Trinajstić information content (AvgIpc) is 2.34. The third kappa shape index (κ3) is 2.66. The van der Waals surface area contributed by atoms with E-state index in [-0.39, 0.29) is 5.88 Å². The lowest BCUT2D eigenvalue weighted by Gasteiger charge is -2.07. The second-order valence-corrected chi connectivity index (χ2v) is 4.45. The Kier molecular flexibility index (Phi) is 3.58. The third-order valence-corrected chi connectivity index (χ3v) is 2.87. The molecule has 3 nitrogen and oxygen atoms in total. The quantitative estimate of drug-likeness (QED) is 0.843. The van der Waals surface area contributed by atoms with Gasteiger partial charge in [-0.3, -0.25) is 0 Å². The summed E-state index contributed by atoms with van der Waals surface area (Å²) in [5, 5.41) is 8.93. The van der Waals surface area contributed by atoms with Crippen molar-refractivity contribution in [1.82, 2.24) is 4.98 Å². The van der Waals surface area contributed by atoms with Gasteiger partial charge >= 0.3 is 0 Å². The molecule has 0 aliphatic rings. The van der Waals surface area contributed by atoms with Crippen LogP contribution in [0.2, 0.25) is 0 Å². The van der Waals surface area contributed by atoms with E-state index in [9.17, 15) is 4.39 Å². The molecule has 0 atom stereocenters. The van der Waals surface area contributed by atoms with Gasteiger partial charge in [-0.05, 0) is 47.1 Å². The lowest BCUT2D eigenvalue weighted by atomic mass is 10.2. The molecular weight excluding hydrogens is 299 g/mol. The Hall–Kier alpha value is -1.93. The van der Waals surface area contributed by atoms with Gasteiger partial charge in [0, 0.05) is 11.8 Å². The van der Waals surface area contributed by atoms with Crippen LogP contribution < -0.4 is 4.74 Å². The van der Waals surface area contributed by atoms with Crippen LogP contribution in [0.3, 0.4) is 0 Å². The van der Waals surface area contributed by atoms with Gasteiger partial charge in [0.2, 0.25) is 5.88 Å². The van der Waals surface area contributed by atoms with E-state index in [1.165, 1.54) is 12.1 Å². The van der Waals surface area contributed by atoms with Crippen LogP contribution in [0, 0.1) is 24.1 Å². The van der Waals surface area contributed by atoms with E-state index in [2.05, 4.69) is 20.9 Å². The van der Waals surface area contributed by atoms with E-state index in [0.29, 0.717) is 15.8 Å². The van der Waals surface area contributed by atoms with E-state index in [0.717, 1.165) is 5.69 Å². The first kappa shape index (κ1) is 12.5. The Labute approximate surface area is 112 Å². The summed E-state index contributed by atoms with van der Waals surface area (Å²) in [5.74, 6) is 0.0446. The molecule has 90 valence electrons. The fraction of sp³-hybridized carbons (Fsp3) is 0.0769. The fourth-order valence-corrected chi connectivity index (χ4v) is 1.59. The maximum Gasteiger partial charge on any atom is 0.237 e. The zero-order chi connectivity index (χ0) is 13.1. The first-order chi connectivity index (χ1) is 8.60. The number of pyridine rings is 1. The number of nitriles is 1. The Morgan fingerprint density at radius 1 is 1.33 bits per heavy atom. The van der Waals surface area contributed by atoms with Crippen LogP contribution >= 0.6 is 15.9 Å². The molecule has 1 aromatic carbocycles. The van der Waals surface area contributed by atoms with E-state index in [1.54, 1.807) is 25.1 Å². The van der Waals surface area contributed by atoms with Crippen molar-refractivity contribution in [3.8, 4) is 17.7 Å². The molecule has 1 heterocycles. The first-order valence-electron chi connectivity index (χ1n) is 5.11.